The van der Waals surface area contributed by atoms with Crippen LogP contribution in [0, 0.1) is 6.42 Å². The smallest absolute Gasteiger partial charge is 0.123 e. The van der Waals surface area contributed by atoms with Gasteiger partial charge in [0.2, 0.25) is 0 Å². The van der Waals surface area contributed by atoms with Crippen LogP contribution in [0.2, 0.25) is 0 Å². The number of benzene rings is 1. The van der Waals surface area contributed by atoms with E-state index in [4.69, 9.17) is 4.74 Å². The molecule has 0 aliphatic rings. The summed E-state index contributed by atoms with van der Waals surface area (Å²) in [6, 6.07) is 8.03. The van der Waals surface area contributed by atoms with Gasteiger partial charge in [0.25, 0.3) is 0 Å². The van der Waals surface area contributed by atoms with Gasteiger partial charge in [0.15, 0.2) is 0 Å². The zero-order valence-electron chi connectivity index (χ0n) is 8.16. The Balaban J connectivity index is 2.77. The van der Waals surface area contributed by atoms with Crippen LogP contribution in [-0.2, 0) is 0 Å². The van der Waals surface area contributed by atoms with Crippen molar-refractivity contribution in [3.8, 4) is 5.75 Å². The monoisotopic (exact) mass is 175 g/mol. The highest BCUT2D eigenvalue weighted by Crippen LogP contribution is 2.19. The predicted molar refractivity (Wildman–Crippen MR) is 55.8 cm³/mol. The van der Waals surface area contributed by atoms with Crippen molar-refractivity contribution in [2.45, 2.75) is 13.8 Å². The number of hydrogen-bond acceptors (Lipinski definition) is 1. The van der Waals surface area contributed by atoms with Crippen LogP contribution in [0.4, 0.5) is 0 Å². The number of rotatable bonds is 4. The topological polar surface area (TPSA) is 9.23 Å². The third-order valence-electron chi connectivity index (χ3n) is 1.69. The van der Waals surface area contributed by atoms with Crippen molar-refractivity contribution in [3.63, 3.8) is 0 Å². The molecule has 1 heteroatoms. The Morgan fingerprint density at radius 1 is 1.31 bits per heavy atom. The minimum atomic E-state index is 0.709. The van der Waals surface area contributed by atoms with Crippen molar-refractivity contribution < 1.29 is 4.74 Å². The maximum Gasteiger partial charge on any atom is 0.123 e. The molecule has 1 radical (unpaired) electrons. The average Bonchev–Trinajstić information content (AvgIpc) is 2.17. The highest BCUT2D eigenvalue weighted by molar-refractivity contribution is 5.41. The van der Waals surface area contributed by atoms with Crippen LogP contribution < -0.4 is 4.74 Å². The minimum Gasteiger partial charge on any atom is -0.494 e. The van der Waals surface area contributed by atoms with Crippen LogP contribution in [0.15, 0.2) is 36.4 Å². The summed E-state index contributed by atoms with van der Waals surface area (Å²) in [5, 5.41) is 0. The molecule has 1 aromatic carbocycles. The molecule has 0 unspecified atom stereocenters. The second-order valence-electron chi connectivity index (χ2n) is 2.66. The fourth-order valence-electron chi connectivity index (χ4n) is 1.11. The highest BCUT2D eigenvalue weighted by atomic mass is 16.5. The van der Waals surface area contributed by atoms with E-state index in [0.29, 0.717) is 6.61 Å². The molecule has 0 atom stereocenters. The molecule has 0 spiro atoms. The Bertz CT molecular complexity index is 276. The molecule has 1 aromatic rings. The van der Waals surface area contributed by atoms with E-state index in [9.17, 15) is 0 Å². The van der Waals surface area contributed by atoms with Gasteiger partial charge >= 0.3 is 0 Å². The fraction of sp³-hybridized carbons (Fsp3) is 0.250. The first kappa shape index (κ1) is 9.85. The van der Waals surface area contributed by atoms with Gasteiger partial charge in [-0.15, -0.1) is 0 Å². The summed E-state index contributed by atoms with van der Waals surface area (Å²) in [5.41, 5.74) is 1.13. The quantitative estimate of drug-likeness (QED) is 0.682. The summed E-state index contributed by atoms with van der Waals surface area (Å²) in [6.45, 7) is 4.70. The van der Waals surface area contributed by atoms with Crippen molar-refractivity contribution in [2.75, 3.05) is 6.61 Å². The normalized spacial score (nSPS) is 10.6. The van der Waals surface area contributed by atoms with Gasteiger partial charge < -0.3 is 4.74 Å². The van der Waals surface area contributed by atoms with E-state index >= 15 is 0 Å². The Labute approximate surface area is 80.0 Å². The van der Waals surface area contributed by atoms with E-state index in [0.717, 1.165) is 11.3 Å². The zero-order valence-corrected chi connectivity index (χ0v) is 8.16. The number of allylic oxidation sites excluding steroid dienone is 2. The summed E-state index contributed by atoms with van der Waals surface area (Å²) in [7, 11) is 0. The summed E-state index contributed by atoms with van der Waals surface area (Å²) in [5.74, 6) is 0.947. The SMILES string of the molecule is C/C=C/[CH]c1ccccc1OCC. The molecule has 0 bridgehead atoms. The molecule has 0 aliphatic carbocycles. The minimum absolute atomic E-state index is 0.709. The number of para-hydroxylation sites is 1. The van der Waals surface area contributed by atoms with Crippen molar-refractivity contribution in [3.05, 3.63) is 48.4 Å². The van der Waals surface area contributed by atoms with Crippen molar-refractivity contribution >= 4 is 0 Å². The Morgan fingerprint density at radius 3 is 2.77 bits per heavy atom. The van der Waals surface area contributed by atoms with Crippen LogP contribution in [0.3, 0.4) is 0 Å². The van der Waals surface area contributed by atoms with E-state index in [1.165, 1.54) is 0 Å². The summed E-state index contributed by atoms with van der Waals surface area (Å²) in [6.07, 6.45) is 6.06. The Kier molecular flexibility index (Phi) is 4.10. The van der Waals surface area contributed by atoms with E-state index in [2.05, 4.69) is 0 Å². The first-order chi connectivity index (χ1) is 6.38. The third-order valence-corrected chi connectivity index (χ3v) is 1.69. The first-order valence-electron chi connectivity index (χ1n) is 4.56. The lowest BCUT2D eigenvalue weighted by Gasteiger charge is -2.07. The largest absolute Gasteiger partial charge is 0.494 e. The molecule has 0 saturated carbocycles. The van der Waals surface area contributed by atoms with E-state index in [1.807, 2.05) is 56.7 Å². The van der Waals surface area contributed by atoms with Crippen molar-refractivity contribution in [1.29, 1.82) is 0 Å². The lowest BCUT2D eigenvalue weighted by Crippen LogP contribution is -1.94. The van der Waals surface area contributed by atoms with Crippen LogP contribution >= 0.6 is 0 Å². The standard InChI is InChI=1S/C12H15O/c1-3-5-8-11-9-6-7-10-12(11)13-4-2/h3,5-10H,4H2,1-2H3/b5-3+. The summed E-state index contributed by atoms with van der Waals surface area (Å²) >= 11 is 0. The molecule has 0 amide bonds. The van der Waals surface area contributed by atoms with E-state index in [1.54, 1.807) is 0 Å². The van der Waals surface area contributed by atoms with Gasteiger partial charge in [-0.3, -0.25) is 0 Å². The molecule has 69 valence electrons. The van der Waals surface area contributed by atoms with Crippen LogP contribution in [0.5, 0.6) is 5.75 Å². The van der Waals surface area contributed by atoms with Crippen molar-refractivity contribution in [1.82, 2.24) is 0 Å². The van der Waals surface area contributed by atoms with Gasteiger partial charge in [-0.2, -0.15) is 0 Å². The Morgan fingerprint density at radius 2 is 2.08 bits per heavy atom. The lowest BCUT2D eigenvalue weighted by atomic mass is 10.1. The van der Waals surface area contributed by atoms with Gasteiger partial charge in [-0.05, 0) is 19.9 Å². The maximum absolute atomic E-state index is 5.47. The van der Waals surface area contributed by atoms with E-state index < -0.39 is 0 Å². The molecule has 0 heterocycles. The second-order valence-corrected chi connectivity index (χ2v) is 2.66. The molecular formula is C12H15O. The molecule has 0 fully saturated rings. The molecule has 0 aromatic heterocycles. The van der Waals surface area contributed by atoms with Crippen LogP contribution in [0.25, 0.3) is 0 Å². The van der Waals surface area contributed by atoms with Gasteiger partial charge in [-0.1, -0.05) is 30.4 Å². The van der Waals surface area contributed by atoms with Crippen LogP contribution in [0.1, 0.15) is 19.4 Å². The molecular weight excluding hydrogens is 160 g/mol. The van der Waals surface area contributed by atoms with Crippen LogP contribution in [-0.4, -0.2) is 6.61 Å². The van der Waals surface area contributed by atoms with E-state index in [-0.39, 0.29) is 0 Å². The second kappa shape index (κ2) is 5.41. The van der Waals surface area contributed by atoms with Gasteiger partial charge in [0.05, 0.1) is 6.61 Å². The average molecular weight is 175 g/mol. The predicted octanol–water partition coefficient (Wildman–Crippen LogP) is 3.21. The van der Waals surface area contributed by atoms with Gasteiger partial charge in [-0.25, -0.2) is 0 Å². The zero-order chi connectivity index (χ0) is 9.52. The highest BCUT2D eigenvalue weighted by Gasteiger charge is 1.98. The third kappa shape index (κ3) is 2.94. The molecule has 0 aliphatic heterocycles. The summed E-state index contributed by atoms with van der Waals surface area (Å²) < 4.78 is 5.47. The van der Waals surface area contributed by atoms with Gasteiger partial charge in [0.1, 0.15) is 5.75 Å². The Hall–Kier alpha value is -1.24. The summed E-state index contributed by atoms with van der Waals surface area (Å²) in [4.78, 5) is 0. The maximum atomic E-state index is 5.47. The fourth-order valence-corrected chi connectivity index (χ4v) is 1.11. The van der Waals surface area contributed by atoms with Gasteiger partial charge in [0, 0.05) is 12.0 Å². The van der Waals surface area contributed by atoms with Crippen molar-refractivity contribution in [2.24, 2.45) is 0 Å². The molecule has 1 nitrogen and oxygen atoms in total. The lowest BCUT2D eigenvalue weighted by molar-refractivity contribution is 0.338. The molecule has 13 heavy (non-hydrogen) atoms. The molecule has 0 saturated heterocycles. The number of hydrogen-bond donors (Lipinski definition) is 0. The number of ether oxygens (including phenoxy) is 1. The first-order valence-corrected chi connectivity index (χ1v) is 4.56. The molecule has 1 rings (SSSR count). The molecule has 0 N–H and O–H groups in total.